The summed E-state index contributed by atoms with van der Waals surface area (Å²) >= 11 is 0. The molecule has 0 aliphatic heterocycles. The molecule has 0 saturated carbocycles. The van der Waals surface area contributed by atoms with Gasteiger partial charge in [0, 0.05) is 6.20 Å². The second kappa shape index (κ2) is 3.71. The second-order valence-electron chi connectivity index (χ2n) is 4.79. The molecule has 1 unspecified atom stereocenters. The maximum Gasteiger partial charge on any atom is 0.261 e. The van der Waals surface area contributed by atoms with Crippen molar-refractivity contribution in [3.63, 3.8) is 0 Å². The summed E-state index contributed by atoms with van der Waals surface area (Å²) < 4.78 is 5.12. The van der Waals surface area contributed by atoms with Crippen molar-refractivity contribution in [1.82, 2.24) is 20.3 Å². The number of aromatic nitrogens is 4. The highest BCUT2D eigenvalue weighted by Crippen LogP contribution is 2.29. The van der Waals surface area contributed by atoms with Crippen LogP contribution in [0.15, 0.2) is 16.9 Å². The van der Waals surface area contributed by atoms with E-state index in [-0.39, 0.29) is 11.5 Å². The van der Waals surface area contributed by atoms with Crippen LogP contribution in [-0.2, 0) is 0 Å². The molecule has 0 saturated heterocycles. The third kappa shape index (κ3) is 1.96. The lowest BCUT2D eigenvalue weighted by atomic mass is 9.87. The van der Waals surface area contributed by atoms with Crippen molar-refractivity contribution in [2.45, 2.75) is 26.8 Å². The minimum Gasteiger partial charge on any atom is -0.334 e. The number of nitrogens with one attached hydrogen (secondary N) is 1. The zero-order valence-corrected chi connectivity index (χ0v) is 9.56. The Morgan fingerprint density at radius 2 is 2.19 bits per heavy atom. The van der Waals surface area contributed by atoms with Crippen LogP contribution in [-0.4, -0.2) is 20.3 Å². The molecule has 16 heavy (non-hydrogen) atoms. The number of hydrogen-bond donors (Lipinski definition) is 2. The molecule has 2 aromatic rings. The van der Waals surface area contributed by atoms with E-state index < -0.39 is 0 Å². The lowest BCUT2D eigenvalue weighted by molar-refractivity contribution is 0.303. The third-order valence-electron chi connectivity index (χ3n) is 2.40. The van der Waals surface area contributed by atoms with Gasteiger partial charge in [-0.3, -0.25) is 5.10 Å². The zero-order valence-electron chi connectivity index (χ0n) is 9.56. The van der Waals surface area contributed by atoms with Crippen molar-refractivity contribution in [1.29, 1.82) is 0 Å². The Morgan fingerprint density at radius 3 is 2.75 bits per heavy atom. The van der Waals surface area contributed by atoms with Gasteiger partial charge in [-0.25, -0.2) is 0 Å². The van der Waals surface area contributed by atoms with Crippen molar-refractivity contribution in [3.05, 3.63) is 18.2 Å². The summed E-state index contributed by atoms with van der Waals surface area (Å²) in [7, 11) is 0. The molecule has 0 radical (unpaired) electrons. The molecule has 0 spiro atoms. The molecule has 0 fully saturated rings. The molecule has 6 nitrogen and oxygen atoms in total. The fourth-order valence-corrected chi connectivity index (χ4v) is 1.23. The van der Waals surface area contributed by atoms with Crippen molar-refractivity contribution in [2.75, 3.05) is 0 Å². The van der Waals surface area contributed by atoms with Crippen LogP contribution in [0.2, 0.25) is 0 Å². The molecule has 3 N–H and O–H groups in total. The van der Waals surface area contributed by atoms with E-state index in [1.165, 1.54) is 0 Å². The molecule has 2 aromatic heterocycles. The first-order valence-corrected chi connectivity index (χ1v) is 5.07. The van der Waals surface area contributed by atoms with Crippen LogP contribution in [0.5, 0.6) is 0 Å². The van der Waals surface area contributed by atoms with E-state index in [0.717, 1.165) is 5.56 Å². The van der Waals surface area contributed by atoms with Gasteiger partial charge in [0.15, 0.2) is 5.82 Å². The van der Waals surface area contributed by atoms with Crippen LogP contribution in [0.1, 0.15) is 32.6 Å². The quantitative estimate of drug-likeness (QED) is 0.801. The van der Waals surface area contributed by atoms with E-state index in [1.54, 1.807) is 12.4 Å². The number of H-pyrrole nitrogens is 1. The van der Waals surface area contributed by atoms with Crippen LogP contribution in [0.4, 0.5) is 0 Å². The topological polar surface area (TPSA) is 93.6 Å². The summed E-state index contributed by atoms with van der Waals surface area (Å²) in [6, 6.07) is -0.253. The largest absolute Gasteiger partial charge is 0.334 e. The fraction of sp³-hybridized carbons (Fsp3) is 0.500. The molecule has 2 heterocycles. The standard InChI is InChI=1S/C10H15N5O/c1-10(2,3)7(11)8-14-9(16-15-8)6-4-12-13-5-6/h4-5,7H,11H2,1-3H3,(H,12,13). The predicted octanol–water partition coefficient (Wildman–Crippen LogP) is 1.51. The lowest BCUT2D eigenvalue weighted by Crippen LogP contribution is -2.27. The summed E-state index contributed by atoms with van der Waals surface area (Å²) in [5, 5.41) is 10.4. The van der Waals surface area contributed by atoms with E-state index >= 15 is 0 Å². The van der Waals surface area contributed by atoms with Gasteiger partial charge in [-0.05, 0) is 5.41 Å². The van der Waals surface area contributed by atoms with E-state index in [9.17, 15) is 0 Å². The molecule has 2 rings (SSSR count). The summed E-state index contributed by atoms with van der Waals surface area (Å²) in [5.74, 6) is 0.951. The highest BCUT2D eigenvalue weighted by molar-refractivity contribution is 5.49. The summed E-state index contributed by atoms with van der Waals surface area (Å²) in [6.45, 7) is 6.10. The molecule has 0 aliphatic rings. The summed E-state index contributed by atoms with van der Waals surface area (Å²) in [6.07, 6.45) is 3.32. The number of aromatic amines is 1. The Balaban J connectivity index is 2.27. The molecule has 0 amide bonds. The Bertz CT molecular complexity index is 454. The molecule has 1 atom stereocenters. The van der Waals surface area contributed by atoms with Crippen molar-refractivity contribution >= 4 is 0 Å². The molecular weight excluding hydrogens is 206 g/mol. The SMILES string of the molecule is CC(C)(C)C(N)c1noc(-c2cn[nH]c2)n1. The zero-order chi connectivity index (χ0) is 11.8. The van der Waals surface area contributed by atoms with Gasteiger partial charge < -0.3 is 10.3 Å². The summed E-state index contributed by atoms with van der Waals surface area (Å²) in [4.78, 5) is 4.26. The average molecular weight is 221 g/mol. The van der Waals surface area contributed by atoms with Crippen LogP contribution >= 0.6 is 0 Å². The Kier molecular flexibility index (Phi) is 2.51. The van der Waals surface area contributed by atoms with Gasteiger partial charge in [-0.15, -0.1) is 0 Å². The normalized spacial score (nSPS) is 14.0. The van der Waals surface area contributed by atoms with Gasteiger partial charge in [-0.2, -0.15) is 10.1 Å². The smallest absolute Gasteiger partial charge is 0.261 e. The van der Waals surface area contributed by atoms with Crippen LogP contribution in [0.25, 0.3) is 11.5 Å². The Morgan fingerprint density at radius 1 is 1.44 bits per heavy atom. The monoisotopic (exact) mass is 221 g/mol. The van der Waals surface area contributed by atoms with Gasteiger partial charge in [0.05, 0.1) is 17.8 Å². The first kappa shape index (κ1) is 10.8. The average Bonchev–Trinajstić information content (AvgIpc) is 2.85. The number of nitrogens with two attached hydrogens (primary N) is 1. The first-order chi connectivity index (χ1) is 7.48. The van der Waals surface area contributed by atoms with Gasteiger partial charge >= 0.3 is 0 Å². The third-order valence-corrected chi connectivity index (χ3v) is 2.40. The minimum absolute atomic E-state index is 0.0997. The van der Waals surface area contributed by atoms with Gasteiger partial charge in [-0.1, -0.05) is 25.9 Å². The minimum atomic E-state index is -0.253. The number of rotatable bonds is 2. The number of hydrogen-bond acceptors (Lipinski definition) is 5. The van der Waals surface area contributed by atoms with Gasteiger partial charge in [0.25, 0.3) is 5.89 Å². The fourth-order valence-electron chi connectivity index (χ4n) is 1.23. The first-order valence-electron chi connectivity index (χ1n) is 5.07. The van der Waals surface area contributed by atoms with Gasteiger partial charge in [0.1, 0.15) is 0 Å². The molecular formula is C10H15N5O. The molecule has 6 heteroatoms. The predicted molar refractivity (Wildman–Crippen MR) is 58.3 cm³/mol. The Hall–Kier alpha value is -1.69. The maximum absolute atomic E-state index is 6.03. The van der Waals surface area contributed by atoms with E-state index in [2.05, 4.69) is 20.3 Å². The summed E-state index contributed by atoms with van der Waals surface area (Å²) in [5.41, 5.74) is 6.69. The van der Waals surface area contributed by atoms with Crippen molar-refractivity contribution in [2.24, 2.45) is 11.1 Å². The molecule has 86 valence electrons. The molecule has 0 bridgehead atoms. The van der Waals surface area contributed by atoms with E-state index in [1.807, 2.05) is 20.8 Å². The highest BCUT2D eigenvalue weighted by Gasteiger charge is 2.27. The highest BCUT2D eigenvalue weighted by atomic mass is 16.5. The van der Waals surface area contributed by atoms with Gasteiger partial charge in [0.2, 0.25) is 0 Å². The van der Waals surface area contributed by atoms with E-state index in [4.69, 9.17) is 10.3 Å². The molecule has 0 aromatic carbocycles. The van der Waals surface area contributed by atoms with E-state index in [0.29, 0.717) is 11.7 Å². The lowest BCUT2D eigenvalue weighted by Gasteiger charge is -2.23. The van der Waals surface area contributed by atoms with Crippen LogP contribution in [0.3, 0.4) is 0 Å². The number of nitrogens with zero attached hydrogens (tertiary/aromatic N) is 3. The van der Waals surface area contributed by atoms with Crippen LogP contribution < -0.4 is 5.73 Å². The van der Waals surface area contributed by atoms with Crippen molar-refractivity contribution in [3.8, 4) is 11.5 Å². The van der Waals surface area contributed by atoms with Crippen LogP contribution in [0, 0.1) is 5.41 Å². The maximum atomic E-state index is 6.03. The second-order valence-corrected chi connectivity index (χ2v) is 4.79. The van der Waals surface area contributed by atoms with Crippen molar-refractivity contribution < 1.29 is 4.52 Å². The Labute approximate surface area is 93.2 Å². The molecule has 0 aliphatic carbocycles.